The second-order valence-electron chi connectivity index (χ2n) is 6.03. The number of nitrogens with zero attached hydrogens (tertiary/aromatic N) is 3. The van der Waals surface area contributed by atoms with Crippen LogP contribution in [0, 0.1) is 6.92 Å². The molecule has 0 spiro atoms. The summed E-state index contributed by atoms with van der Waals surface area (Å²) in [5.41, 5.74) is 1.24. The van der Waals surface area contributed by atoms with E-state index >= 15 is 0 Å². The van der Waals surface area contributed by atoms with Gasteiger partial charge in [-0.1, -0.05) is 47.6 Å². The van der Waals surface area contributed by atoms with Crippen LogP contribution in [-0.2, 0) is 6.54 Å². The summed E-state index contributed by atoms with van der Waals surface area (Å²) in [6.45, 7) is 5.64. The molecule has 0 unspecified atom stereocenters. The Bertz CT molecular complexity index is 623. The van der Waals surface area contributed by atoms with Gasteiger partial charge in [0.1, 0.15) is 0 Å². The molecule has 0 saturated carbocycles. The molecule has 1 atom stereocenters. The molecular weight excluding hydrogens is 288 g/mol. The summed E-state index contributed by atoms with van der Waals surface area (Å²) < 4.78 is 5.04. The number of piperidine rings is 1. The number of hydrogen-bond donors (Lipinski definition) is 1. The van der Waals surface area contributed by atoms with E-state index in [1.165, 1.54) is 18.4 Å². The molecule has 1 aromatic heterocycles. The van der Waals surface area contributed by atoms with E-state index < -0.39 is 0 Å². The largest absolute Gasteiger partial charge is 0.340 e. The molecule has 1 aromatic carbocycles. The molecule has 1 aliphatic heterocycles. The van der Waals surface area contributed by atoms with Crippen LogP contribution in [0.25, 0.3) is 6.08 Å². The summed E-state index contributed by atoms with van der Waals surface area (Å²) in [4.78, 5) is 6.68. The first kappa shape index (κ1) is 15.9. The molecule has 3 rings (SSSR count). The number of nitrogens with one attached hydrogen (secondary N) is 1. The number of benzene rings is 1. The maximum Gasteiger partial charge on any atom is 0.223 e. The highest BCUT2D eigenvalue weighted by molar-refractivity contribution is 5.48. The van der Waals surface area contributed by atoms with E-state index in [0.29, 0.717) is 11.9 Å². The van der Waals surface area contributed by atoms with E-state index in [9.17, 15) is 0 Å². The maximum atomic E-state index is 5.04. The van der Waals surface area contributed by atoms with Gasteiger partial charge < -0.3 is 9.84 Å². The molecule has 5 nitrogen and oxygen atoms in total. The molecule has 0 amide bonds. The Morgan fingerprint density at radius 3 is 3.00 bits per heavy atom. The van der Waals surface area contributed by atoms with Crippen molar-refractivity contribution in [3.8, 4) is 0 Å². The van der Waals surface area contributed by atoms with Crippen molar-refractivity contribution >= 4 is 6.08 Å². The SMILES string of the molecule is Cc1nc(CN2CCC[C@@H](NC/C=C/c3ccccc3)C2)no1. The first-order chi connectivity index (χ1) is 11.3. The van der Waals surface area contributed by atoms with Crippen molar-refractivity contribution in [2.24, 2.45) is 0 Å². The molecule has 122 valence electrons. The second kappa shape index (κ2) is 8.04. The summed E-state index contributed by atoms with van der Waals surface area (Å²) in [5, 5.41) is 7.60. The first-order valence-electron chi connectivity index (χ1n) is 8.26. The van der Waals surface area contributed by atoms with Crippen LogP contribution in [0.5, 0.6) is 0 Å². The van der Waals surface area contributed by atoms with Crippen molar-refractivity contribution in [3.05, 3.63) is 53.7 Å². The number of likely N-dealkylation sites (tertiary alicyclic amines) is 1. The van der Waals surface area contributed by atoms with Gasteiger partial charge in [0.15, 0.2) is 5.82 Å². The monoisotopic (exact) mass is 312 g/mol. The molecular formula is C18H24N4O. The van der Waals surface area contributed by atoms with E-state index in [0.717, 1.165) is 32.0 Å². The van der Waals surface area contributed by atoms with E-state index in [4.69, 9.17) is 4.52 Å². The molecule has 0 radical (unpaired) electrons. The normalized spacial score (nSPS) is 19.4. The van der Waals surface area contributed by atoms with Gasteiger partial charge >= 0.3 is 0 Å². The van der Waals surface area contributed by atoms with Crippen LogP contribution in [0.2, 0.25) is 0 Å². The Morgan fingerprint density at radius 2 is 2.22 bits per heavy atom. The third-order valence-corrected chi connectivity index (χ3v) is 4.07. The highest BCUT2D eigenvalue weighted by atomic mass is 16.5. The molecule has 1 N–H and O–H groups in total. The van der Waals surface area contributed by atoms with Crippen LogP contribution < -0.4 is 5.32 Å². The highest BCUT2D eigenvalue weighted by Crippen LogP contribution is 2.12. The Kier molecular flexibility index (Phi) is 5.56. The van der Waals surface area contributed by atoms with Crippen molar-refractivity contribution in [1.82, 2.24) is 20.4 Å². The van der Waals surface area contributed by atoms with Gasteiger partial charge in [-0.15, -0.1) is 0 Å². The fourth-order valence-corrected chi connectivity index (χ4v) is 2.97. The van der Waals surface area contributed by atoms with Gasteiger partial charge in [0.25, 0.3) is 0 Å². The van der Waals surface area contributed by atoms with Gasteiger partial charge in [-0.3, -0.25) is 4.90 Å². The number of aryl methyl sites for hydroxylation is 1. The topological polar surface area (TPSA) is 54.2 Å². The van der Waals surface area contributed by atoms with Crippen molar-refractivity contribution in [2.45, 2.75) is 32.4 Å². The molecule has 5 heteroatoms. The van der Waals surface area contributed by atoms with Crippen LogP contribution in [0.15, 0.2) is 40.9 Å². The molecule has 0 bridgehead atoms. The summed E-state index contributed by atoms with van der Waals surface area (Å²) in [6, 6.07) is 10.9. The quantitative estimate of drug-likeness (QED) is 0.888. The van der Waals surface area contributed by atoms with Crippen LogP contribution >= 0.6 is 0 Å². The summed E-state index contributed by atoms with van der Waals surface area (Å²) in [6.07, 6.45) is 6.78. The minimum absolute atomic E-state index is 0.525. The van der Waals surface area contributed by atoms with Crippen LogP contribution in [0.4, 0.5) is 0 Å². The van der Waals surface area contributed by atoms with Crippen LogP contribution in [0.1, 0.15) is 30.1 Å². The van der Waals surface area contributed by atoms with Crippen molar-refractivity contribution < 1.29 is 4.52 Å². The number of aromatic nitrogens is 2. The Hall–Kier alpha value is -1.98. The third-order valence-electron chi connectivity index (χ3n) is 4.07. The molecule has 2 aromatic rings. The molecule has 1 saturated heterocycles. The zero-order valence-electron chi connectivity index (χ0n) is 13.6. The lowest BCUT2D eigenvalue weighted by Gasteiger charge is -2.32. The van der Waals surface area contributed by atoms with Gasteiger partial charge in [-0.25, -0.2) is 0 Å². The van der Waals surface area contributed by atoms with Crippen molar-refractivity contribution in [1.29, 1.82) is 0 Å². The lowest BCUT2D eigenvalue weighted by atomic mass is 10.1. The fraction of sp³-hybridized carbons (Fsp3) is 0.444. The molecule has 1 fully saturated rings. The van der Waals surface area contributed by atoms with Crippen LogP contribution in [0.3, 0.4) is 0 Å². The van der Waals surface area contributed by atoms with Gasteiger partial charge in [-0.2, -0.15) is 4.98 Å². The van der Waals surface area contributed by atoms with Crippen molar-refractivity contribution in [3.63, 3.8) is 0 Å². The number of rotatable bonds is 6. The van der Waals surface area contributed by atoms with Crippen molar-refractivity contribution in [2.75, 3.05) is 19.6 Å². The standard InChI is InChI=1S/C18H24N4O/c1-15-20-18(21-23-15)14-22-12-6-10-17(13-22)19-11-5-9-16-7-3-2-4-8-16/h2-5,7-9,17,19H,6,10-14H2,1H3/b9-5+/t17-/m1/s1. The lowest BCUT2D eigenvalue weighted by Crippen LogP contribution is -2.45. The van der Waals surface area contributed by atoms with Gasteiger partial charge in [0, 0.05) is 26.1 Å². The average molecular weight is 312 g/mol. The van der Waals surface area contributed by atoms with Gasteiger partial charge in [0.05, 0.1) is 6.54 Å². The van der Waals surface area contributed by atoms with Crippen LogP contribution in [-0.4, -0.2) is 40.7 Å². The Labute approximate surface area is 137 Å². The van der Waals surface area contributed by atoms with E-state index in [-0.39, 0.29) is 0 Å². The highest BCUT2D eigenvalue weighted by Gasteiger charge is 2.20. The van der Waals surface area contributed by atoms with E-state index in [1.54, 1.807) is 0 Å². The zero-order valence-corrected chi connectivity index (χ0v) is 13.6. The third kappa shape index (κ3) is 5.01. The van der Waals surface area contributed by atoms with Gasteiger partial charge in [0.2, 0.25) is 5.89 Å². The average Bonchev–Trinajstić information content (AvgIpc) is 2.98. The second-order valence-corrected chi connectivity index (χ2v) is 6.03. The smallest absolute Gasteiger partial charge is 0.223 e. The maximum absolute atomic E-state index is 5.04. The van der Waals surface area contributed by atoms with E-state index in [1.807, 2.05) is 13.0 Å². The zero-order chi connectivity index (χ0) is 15.9. The fourth-order valence-electron chi connectivity index (χ4n) is 2.97. The predicted octanol–water partition coefficient (Wildman–Crippen LogP) is 2.65. The number of hydrogen-bond acceptors (Lipinski definition) is 5. The summed E-state index contributed by atoms with van der Waals surface area (Å²) >= 11 is 0. The lowest BCUT2D eigenvalue weighted by molar-refractivity contribution is 0.180. The minimum atomic E-state index is 0.525. The summed E-state index contributed by atoms with van der Waals surface area (Å²) in [5.74, 6) is 1.42. The van der Waals surface area contributed by atoms with E-state index in [2.05, 4.69) is 56.8 Å². The Balaban J connectivity index is 1.42. The summed E-state index contributed by atoms with van der Waals surface area (Å²) in [7, 11) is 0. The van der Waals surface area contributed by atoms with Gasteiger partial charge in [-0.05, 0) is 24.9 Å². The minimum Gasteiger partial charge on any atom is -0.340 e. The Morgan fingerprint density at radius 1 is 1.35 bits per heavy atom. The molecule has 23 heavy (non-hydrogen) atoms. The first-order valence-corrected chi connectivity index (χ1v) is 8.26. The molecule has 0 aliphatic carbocycles. The molecule has 2 heterocycles. The predicted molar refractivity (Wildman–Crippen MR) is 90.8 cm³/mol. The molecule has 1 aliphatic rings.